The zero-order valence-corrected chi connectivity index (χ0v) is 14.1. The first kappa shape index (κ1) is 17.2. The summed E-state index contributed by atoms with van der Waals surface area (Å²) >= 11 is 0. The van der Waals surface area contributed by atoms with E-state index in [0.717, 1.165) is 5.75 Å². The third kappa shape index (κ3) is 4.08. The second-order valence-electron chi connectivity index (χ2n) is 5.43. The van der Waals surface area contributed by atoms with E-state index in [-0.39, 0.29) is 5.91 Å². The standard InChI is InChI=1S/C21H17NO4/c1-25-21(24)18-9-5-6-10-19(18)22-20(23)15-11-13-17(14-12-15)26-16-7-3-2-4-8-16/h2-14H,1H3,(H,22,23). The van der Waals surface area contributed by atoms with Crippen LogP contribution in [0.1, 0.15) is 20.7 Å². The van der Waals surface area contributed by atoms with E-state index in [9.17, 15) is 9.59 Å². The van der Waals surface area contributed by atoms with E-state index in [1.165, 1.54) is 7.11 Å². The summed E-state index contributed by atoms with van der Waals surface area (Å²) in [7, 11) is 1.30. The summed E-state index contributed by atoms with van der Waals surface area (Å²) in [4.78, 5) is 24.2. The lowest BCUT2D eigenvalue weighted by atomic mass is 10.1. The van der Waals surface area contributed by atoms with Crippen LogP contribution in [-0.4, -0.2) is 19.0 Å². The lowest BCUT2D eigenvalue weighted by molar-refractivity contribution is 0.0602. The van der Waals surface area contributed by atoms with Crippen molar-refractivity contribution >= 4 is 17.6 Å². The van der Waals surface area contributed by atoms with Crippen LogP contribution in [0.15, 0.2) is 78.9 Å². The van der Waals surface area contributed by atoms with Gasteiger partial charge in [0.25, 0.3) is 5.91 Å². The summed E-state index contributed by atoms with van der Waals surface area (Å²) in [5.74, 6) is 0.513. The van der Waals surface area contributed by atoms with E-state index < -0.39 is 5.97 Å². The number of nitrogens with one attached hydrogen (secondary N) is 1. The van der Waals surface area contributed by atoms with Crippen LogP contribution in [0.25, 0.3) is 0 Å². The average Bonchev–Trinajstić information content (AvgIpc) is 2.69. The zero-order chi connectivity index (χ0) is 18.4. The number of anilines is 1. The Bertz CT molecular complexity index is 905. The maximum atomic E-state index is 12.4. The van der Waals surface area contributed by atoms with Crippen molar-refractivity contribution in [1.29, 1.82) is 0 Å². The second-order valence-corrected chi connectivity index (χ2v) is 5.43. The predicted octanol–water partition coefficient (Wildman–Crippen LogP) is 4.52. The molecular formula is C21H17NO4. The Morgan fingerprint density at radius 1 is 0.769 bits per heavy atom. The Labute approximate surface area is 151 Å². The Kier molecular flexibility index (Phi) is 5.29. The minimum Gasteiger partial charge on any atom is -0.465 e. The van der Waals surface area contributed by atoms with Gasteiger partial charge in [-0.1, -0.05) is 30.3 Å². The van der Waals surface area contributed by atoms with Crippen molar-refractivity contribution in [2.45, 2.75) is 0 Å². The van der Waals surface area contributed by atoms with Crippen molar-refractivity contribution in [2.75, 3.05) is 12.4 Å². The highest BCUT2D eigenvalue weighted by atomic mass is 16.5. The molecule has 1 N–H and O–H groups in total. The summed E-state index contributed by atoms with van der Waals surface area (Å²) in [5.41, 5.74) is 1.14. The minimum absolute atomic E-state index is 0.299. The molecule has 0 radical (unpaired) electrons. The van der Waals surface area contributed by atoms with Gasteiger partial charge in [-0.2, -0.15) is 0 Å². The van der Waals surface area contributed by atoms with Crippen LogP contribution in [0.3, 0.4) is 0 Å². The number of para-hydroxylation sites is 2. The number of rotatable bonds is 5. The average molecular weight is 347 g/mol. The SMILES string of the molecule is COC(=O)c1ccccc1NC(=O)c1ccc(Oc2ccccc2)cc1. The van der Waals surface area contributed by atoms with Gasteiger partial charge in [0, 0.05) is 5.56 Å². The third-order valence-corrected chi connectivity index (χ3v) is 3.68. The molecule has 0 fully saturated rings. The molecule has 0 aliphatic heterocycles. The van der Waals surface area contributed by atoms with E-state index in [4.69, 9.17) is 9.47 Å². The molecule has 130 valence electrons. The minimum atomic E-state index is -0.507. The molecule has 0 aliphatic carbocycles. The Hall–Kier alpha value is -3.60. The number of hydrogen-bond donors (Lipinski definition) is 1. The normalized spacial score (nSPS) is 10.0. The van der Waals surface area contributed by atoms with Gasteiger partial charge in [0.1, 0.15) is 11.5 Å². The maximum Gasteiger partial charge on any atom is 0.339 e. The van der Waals surface area contributed by atoms with Crippen LogP contribution in [-0.2, 0) is 4.74 Å². The number of hydrogen-bond acceptors (Lipinski definition) is 4. The summed E-state index contributed by atoms with van der Waals surface area (Å²) in [6, 6.07) is 22.8. The van der Waals surface area contributed by atoms with Crippen LogP contribution < -0.4 is 10.1 Å². The van der Waals surface area contributed by atoms with Gasteiger partial charge >= 0.3 is 5.97 Å². The van der Waals surface area contributed by atoms with E-state index in [2.05, 4.69) is 5.32 Å². The Morgan fingerprint density at radius 3 is 2.08 bits per heavy atom. The van der Waals surface area contributed by atoms with E-state index in [1.807, 2.05) is 30.3 Å². The molecule has 26 heavy (non-hydrogen) atoms. The highest BCUT2D eigenvalue weighted by molar-refractivity contribution is 6.08. The van der Waals surface area contributed by atoms with Crippen molar-refractivity contribution in [2.24, 2.45) is 0 Å². The lowest BCUT2D eigenvalue weighted by Gasteiger charge is -2.10. The number of amides is 1. The molecular weight excluding hydrogens is 330 g/mol. The molecule has 0 saturated carbocycles. The van der Waals surface area contributed by atoms with Gasteiger partial charge in [0.15, 0.2) is 0 Å². The first-order valence-electron chi connectivity index (χ1n) is 7.99. The Balaban J connectivity index is 1.72. The molecule has 0 saturated heterocycles. The number of methoxy groups -OCH3 is 1. The van der Waals surface area contributed by atoms with Gasteiger partial charge in [-0.15, -0.1) is 0 Å². The van der Waals surface area contributed by atoms with E-state index >= 15 is 0 Å². The number of benzene rings is 3. The van der Waals surface area contributed by atoms with Crippen molar-refractivity contribution in [3.8, 4) is 11.5 Å². The Morgan fingerprint density at radius 2 is 1.38 bits per heavy atom. The maximum absolute atomic E-state index is 12.4. The van der Waals surface area contributed by atoms with Gasteiger partial charge in [-0.3, -0.25) is 4.79 Å². The quantitative estimate of drug-likeness (QED) is 0.689. The third-order valence-electron chi connectivity index (χ3n) is 3.68. The monoisotopic (exact) mass is 347 g/mol. The number of carbonyl (C=O) groups excluding carboxylic acids is 2. The fraction of sp³-hybridized carbons (Fsp3) is 0.0476. The molecule has 1 amide bonds. The highest BCUT2D eigenvalue weighted by Gasteiger charge is 2.14. The molecule has 3 aromatic rings. The van der Waals surface area contributed by atoms with Gasteiger partial charge in [0.05, 0.1) is 18.4 Å². The fourth-order valence-electron chi connectivity index (χ4n) is 2.37. The van der Waals surface area contributed by atoms with Gasteiger partial charge < -0.3 is 14.8 Å². The predicted molar refractivity (Wildman–Crippen MR) is 98.7 cm³/mol. The van der Waals surface area contributed by atoms with Crippen LogP contribution in [0.5, 0.6) is 11.5 Å². The van der Waals surface area contributed by atoms with Crippen molar-refractivity contribution in [3.63, 3.8) is 0 Å². The van der Waals surface area contributed by atoms with Crippen LogP contribution in [0, 0.1) is 0 Å². The molecule has 3 aromatic carbocycles. The van der Waals surface area contributed by atoms with Gasteiger partial charge in [-0.05, 0) is 48.5 Å². The van der Waals surface area contributed by atoms with Crippen molar-refractivity contribution in [3.05, 3.63) is 90.0 Å². The van der Waals surface area contributed by atoms with Crippen molar-refractivity contribution < 1.29 is 19.1 Å². The van der Waals surface area contributed by atoms with Crippen LogP contribution >= 0.6 is 0 Å². The summed E-state index contributed by atoms with van der Waals surface area (Å²) in [6.07, 6.45) is 0. The molecule has 5 heteroatoms. The highest BCUT2D eigenvalue weighted by Crippen LogP contribution is 2.22. The molecule has 0 unspecified atom stereocenters. The van der Waals surface area contributed by atoms with E-state index in [1.54, 1.807) is 48.5 Å². The molecule has 5 nitrogen and oxygen atoms in total. The summed E-state index contributed by atoms with van der Waals surface area (Å²) in [5, 5.41) is 2.73. The number of ether oxygens (including phenoxy) is 2. The van der Waals surface area contributed by atoms with Gasteiger partial charge in [-0.25, -0.2) is 4.79 Å². The fourth-order valence-corrected chi connectivity index (χ4v) is 2.37. The summed E-state index contributed by atoms with van der Waals surface area (Å²) < 4.78 is 10.4. The molecule has 3 rings (SSSR count). The molecule has 0 aromatic heterocycles. The van der Waals surface area contributed by atoms with Crippen molar-refractivity contribution in [1.82, 2.24) is 0 Å². The number of esters is 1. The van der Waals surface area contributed by atoms with Gasteiger partial charge in [0.2, 0.25) is 0 Å². The first-order chi connectivity index (χ1) is 12.7. The lowest BCUT2D eigenvalue weighted by Crippen LogP contribution is -2.15. The van der Waals surface area contributed by atoms with Crippen LogP contribution in [0.2, 0.25) is 0 Å². The van der Waals surface area contributed by atoms with E-state index in [0.29, 0.717) is 22.6 Å². The van der Waals surface area contributed by atoms with Crippen LogP contribution in [0.4, 0.5) is 5.69 Å². The first-order valence-corrected chi connectivity index (χ1v) is 7.99. The second kappa shape index (κ2) is 7.98. The molecule has 0 bridgehead atoms. The smallest absolute Gasteiger partial charge is 0.339 e. The topological polar surface area (TPSA) is 64.6 Å². The summed E-state index contributed by atoms with van der Waals surface area (Å²) in [6.45, 7) is 0. The molecule has 0 spiro atoms. The number of carbonyl (C=O) groups is 2. The molecule has 0 heterocycles. The molecule has 0 aliphatic rings. The molecule has 0 atom stereocenters. The zero-order valence-electron chi connectivity index (χ0n) is 14.1. The largest absolute Gasteiger partial charge is 0.465 e.